The van der Waals surface area contributed by atoms with E-state index in [1.54, 1.807) is 0 Å². The first-order valence-electron chi connectivity index (χ1n) is 6.52. The number of amides is 1. The van der Waals surface area contributed by atoms with E-state index in [-0.39, 0.29) is 18.9 Å². The van der Waals surface area contributed by atoms with Crippen LogP contribution < -0.4 is 5.32 Å². The summed E-state index contributed by atoms with van der Waals surface area (Å²) in [7, 11) is 1.40. The molecule has 5 heteroatoms. The first-order chi connectivity index (χ1) is 9.41. The van der Waals surface area contributed by atoms with Crippen LogP contribution in [0.3, 0.4) is 0 Å². The minimum absolute atomic E-state index is 0.0803. The van der Waals surface area contributed by atoms with Crippen molar-refractivity contribution >= 4 is 11.9 Å². The molecule has 0 radical (unpaired) electrons. The van der Waals surface area contributed by atoms with Crippen molar-refractivity contribution in [3.8, 4) is 0 Å². The molecule has 0 aromatic heterocycles. The summed E-state index contributed by atoms with van der Waals surface area (Å²) in [5, 5.41) is 11.7. The summed E-state index contributed by atoms with van der Waals surface area (Å²) in [5.41, 5.74) is 0.606. The fourth-order valence-electron chi connectivity index (χ4n) is 1.94. The lowest BCUT2D eigenvalue weighted by Crippen LogP contribution is -2.55. The van der Waals surface area contributed by atoms with Gasteiger partial charge in [0.2, 0.25) is 5.91 Å². The van der Waals surface area contributed by atoms with Crippen molar-refractivity contribution in [2.45, 2.75) is 32.2 Å². The molecule has 1 atom stereocenters. The van der Waals surface area contributed by atoms with Crippen LogP contribution in [0.2, 0.25) is 0 Å². The predicted octanol–water partition coefficient (Wildman–Crippen LogP) is 1.40. The van der Waals surface area contributed by atoms with E-state index in [1.807, 2.05) is 31.2 Å². The number of aryl methyl sites for hydroxylation is 1. The average Bonchev–Trinajstić information content (AvgIpc) is 2.38. The number of carbonyl (C=O) groups excluding carboxylic acids is 1. The molecule has 1 aromatic carbocycles. The first-order valence-corrected chi connectivity index (χ1v) is 6.52. The van der Waals surface area contributed by atoms with Gasteiger partial charge in [0, 0.05) is 7.11 Å². The summed E-state index contributed by atoms with van der Waals surface area (Å²) in [6, 6.07) is 7.70. The Hall–Kier alpha value is -1.88. The molecule has 110 valence electrons. The van der Waals surface area contributed by atoms with Crippen LogP contribution in [0.25, 0.3) is 0 Å². The second kappa shape index (κ2) is 7.05. The number of carbonyl (C=O) groups is 2. The third kappa shape index (κ3) is 4.35. The van der Waals surface area contributed by atoms with Crippen LogP contribution in [0, 0.1) is 0 Å². The third-order valence-electron chi connectivity index (χ3n) is 3.08. The Labute approximate surface area is 118 Å². The molecule has 20 heavy (non-hydrogen) atoms. The molecule has 1 rings (SSSR count). The smallest absolute Gasteiger partial charge is 0.331 e. The quantitative estimate of drug-likeness (QED) is 0.791. The summed E-state index contributed by atoms with van der Waals surface area (Å²) in [6.07, 6.45) is 1.05. The molecule has 1 unspecified atom stereocenters. The van der Waals surface area contributed by atoms with E-state index in [2.05, 4.69) is 5.32 Å². The first kappa shape index (κ1) is 16.2. The van der Waals surface area contributed by atoms with Gasteiger partial charge in [-0.2, -0.15) is 0 Å². The zero-order valence-corrected chi connectivity index (χ0v) is 12.1. The topological polar surface area (TPSA) is 75.6 Å². The van der Waals surface area contributed by atoms with Crippen LogP contribution in [-0.2, 0) is 27.2 Å². The molecular formula is C15H21NO4. The van der Waals surface area contributed by atoms with Crippen LogP contribution in [0.5, 0.6) is 0 Å². The maximum atomic E-state index is 12.0. The molecule has 0 saturated heterocycles. The van der Waals surface area contributed by atoms with E-state index in [0.717, 1.165) is 17.5 Å². The minimum atomic E-state index is -1.41. The van der Waals surface area contributed by atoms with E-state index in [1.165, 1.54) is 14.0 Å². The molecule has 0 saturated carbocycles. The molecule has 2 N–H and O–H groups in total. The monoisotopic (exact) mass is 279 g/mol. The van der Waals surface area contributed by atoms with Gasteiger partial charge in [0.15, 0.2) is 5.54 Å². The van der Waals surface area contributed by atoms with Gasteiger partial charge in [-0.05, 0) is 24.5 Å². The van der Waals surface area contributed by atoms with Crippen LogP contribution in [0.1, 0.15) is 25.0 Å². The normalized spacial score (nSPS) is 13.6. The zero-order chi connectivity index (χ0) is 15.2. The Morgan fingerprint density at radius 2 is 2.00 bits per heavy atom. The number of aliphatic carboxylic acids is 1. The van der Waals surface area contributed by atoms with Gasteiger partial charge in [-0.1, -0.05) is 31.2 Å². The van der Waals surface area contributed by atoms with E-state index in [4.69, 9.17) is 9.84 Å². The van der Waals surface area contributed by atoms with Gasteiger partial charge in [-0.3, -0.25) is 4.79 Å². The summed E-state index contributed by atoms with van der Waals surface area (Å²) < 4.78 is 4.86. The number of carboxylic acids is 1. The highest BCUT2D eigenvalue weighted by Crippen LogP contribution is 2.09. The Bertz CT molecular complexity index is 487. The lowest BCUT2D eigenvalue weighted by molar-refractivity contribution is -0.149. The maximum Gasteiger partial charge on any atom is 0.331 e. The van der Waals surface area contributed by atoms with Crippen LogP contribution in [-0.4, -0.2) is 36.2 Å². The number of rotatable bonds is 7. The van der Waals surface area contributed by atoms with E-state index < -0.39 is 11.5 Å². The van der Waals surface area contributed by atoms with Crippen molar-refractivity contribution in [3.05, 3.63) is 35.4 Å². The number of methoxy groups -OCH3 is 1. The number of ether oxygens (including phenoxy) is 1. The van der Waals surface area contributed by atoms with Crippen LogP contribution >= 0.6 is 0 Å². The second-order valence-electron chi connectivity index (χ2n) is 4.97. The second-order valence-corrected chi connectivity index (χ2v) is 4.97. The molecule has 0 spiro atoms. The fourth-order valence-corrected chi connectivity index (χ4v) is 1.94. The van der Waals surface area contributed by atoms with Gasteiger partial charge in [0.25, 0.3) is 0 Å². The van der Waals surface area contributed by atoms with Gasteiger partial charge in [-0.15, -0.1) is 0 Å². The fraction of sp³-hybridized carbons (Fsp3) is 0.467. The van der Waals surface area contributed by atoms with E-state index in [9.17, 15) is 9.59 Å². The minimum Gasteiger partial charge on any atom is -0.479 e. The summed E-state index contributed by atoms with van der Waals surface area (Å²) in [5.74, 6) is -1.45. The Kier molecular flexibility index (Phi) is 5.70. The van der Waals surface area contributed by atoms with Gasteiger partial charge >= 0.3 is 5.97 Å². The van der Waals surface area contributed by atoms with Gasteiger partial charge in [0.1, 0.15) is 0 Å². The van der Waals surface area contributed by atoms with Crippen molar-refractivity contribution in [2.75, 3.05) is 13.7 Å². The predicted molar refractivity (Wildman–Crippen MR) is 75.6 cm³/mol. The molecular weight excluding hydrogens is 258 g/mol. The lowest BCUT2D eigenvalue weighted by Gasteiger charge is -2.25. The molecule has 5 nitrogen and oxygen atoms in total. The molecule has 1 aromatic rings. The molecule has 0 aliphatic heterocycles. The number of nitrogens with one attached hydrogen (secondary N) is 1. The molecule has 0 aliphatic carbocycles. The lowest BCUT2D eigenvalue weighted by atomic mass is 10.0. The SMILES string of the molecule is CCc1cccc(CC(=O)NC(C)(COC)C(=O)O)c1. The highest BCUT2D eigenvalue weighted by Gasteiger charge is 2.34. The highest BCUT2D eigenvalue weighted by atomic mass is 16.5. The van der Waals surface area contributed by atoms with Crippen molar-refractivity contribution < 1.29 is 19.4 Å². The number of hydrogen-bond donors (Lipinski definition) is 2. The van der Waals surface area contributed by atoms with Crippen molar-refractivity contribution in [3.63, 3.8) is 0 Å². The molecule has 0 fully saturated rings. The molecule has 0 aliphatic rings. The number of hydrogen-bond acceptors (Lipinski definition) is 3. The van der Waals surface area contributed by atoms with Gasteiger partial charge in [0.05, 0.1) is 13.0 Å². The largest absolute Gasteiger partial charge is 0.479 e. The molecule has 1 amide bonds. The Balaban J connectivity index is 2.73. The van der Waals surface area contributed by atoms with Crippen LogP contribution in [0.15, 0.2) is 24.3 Å². The Morgan fingerprint density at radius 1 is 1.35 bits per heavy atom. The van der Waals surface area contributed by atoms with Gasteiger partial charge < -0.3 is 15.2 Å². The molecule has 0 heterocycles. The standard InChI is InChI=1S/C15H21NO4/c1-4-11-6-5-7-12(8-11)9-13(17)16-15(2,10-20-3)14(18)19/h5-8H,4,9-10H2,1-3H3,(H,16,17)(H,18,19). The Morgan fingerprint density at radius 3 is 2.55 bits per heavy atom. The molecule has 0 bridgehead atoms. The highest BCUT2D eigenvalue weighted by molar-refractivity contribution is 5.87. The van der Waals surface area contributed by atoms with Crippen molar-refractivity contribution in [1.29, 1.82) is 0 Å². The van der Waals surface area contributed by atoms with Crippen molar-refractivity contribution in [2.24, 2.45) is 0 Å². The summed E-state index contributed by atoms with van der Waals surface area (Å²) >= 11 is 0. The summed E-state index contributed by atoms with van der Waals surface area (Å²) in [4.78, 5) is 23.2. The number of carboxylic acid groups (broad SMARTS) is 1. The maximum absolute atomic E-state index is 12.0. The van der Waals surface area contributed by atoms with E-state index >= 15 is 0 Å². The van der Waals surface area contributed by atoms with E-state index in [0.29, 0.717) is 0 Å². The van der Waals surface area contributed by atoms with Crippen LogP contribution in [0.4, 0.5) is 0 Å². The number of benzene rings is 1. The summed E-state index contributed by atoms with van der Waals surface area (Å²) in [6.45, 7) is 3.39. The third-order valence-corrected chi connectivity index (χ3v) is 3.08. The zero-order valence-electron chi connectivity index (χ0n) is 12.1. The van der Waals surface area contributed by atoms with Crippen molar-refractivity contribution in [1.82, 2.24) is 5.32 Å². The van der Waals surface area contributed by atoms with Gasteiger partial charge in [-0.25, -0.2) is 4.79 Å². The average molecular weight is 279 g/mol.